The molecule has 4 nitrogen and oxygen atoms in total. The van der Waals surface area contributed by atoms with Gasteiger partial charge in [0.25, 0.3) is 0 Å². The van der Waals surface area contributed by atoms with Crippen molar-refractivity contribution in [1.29, 1.82) is 0 Å². The van der Waals surface area contributed by atoms with Gasteiger partial charge >= 0.3 is 0 Å². The van der Waals surface area contributed by atoms with Gasteiger partial charge in [-0.05, 0) is 48.1 Å². The number of hydrogen-bond acceptors (Lipinski definition) is 3. The van der Waals surface area contributed by atoms with Crippen molar-refractivity contribution in [2.45, 2.75) is 24.9 Å². The molecule has 1 amide bonds. The van der Waals surface area contributed by atoms with Gasteiger partial charge in [0.05, 0.1) is 0 Å². The van der Waals surface area contributed by atoms with Crippen LogP contribution in [-0.4, -0.2) is 22.5 Å². The van der Waals surface area contributed by atoms with E-state index in [4.69, 9.17) is 0 Å². The Bertz CT molecular complexity index is 870. The lowest BCUT2D eigenvalue weighted by Crippen LogP contribution is -2.28. The van der Waals surface area contributed by atoms with E-state index in [1.807, 2.05) is 72.8 Å². The zero-order valence-electron chi connectivity index (χ0n) is 16.4. The van der Waals surface area contributed by atoms with Crippen molar-refractivity contribution >= 4 is 12.0 Å². The van der Waals surface area contributed by atoms with Crippen molar-refractivity contribution in [3.8, 4) is 0 Å². The molecular formula is C25H26N2O2. The van der Waals surface area contributed by atoms with Crippen LogP contribution in [0.2, 0.25) is 0 Å². The Morgan fingerprint density at radius 2 is 1.59 bits per heavy atom. The molecule has 148 valence electrons. The van der Waals surface area contributed by atoms with E-state index < -0.39 is 5.60 Å². The molecule has 0 aliphatic rings. The van der Waals surface area contributed by atoms with E-state index in [9.17, 15) is 9.90 Å². The molecule has 0 fully saturated rings. The first kappa shape index (κ1) is 20.5. The number of benzene rings is 2. The molecule has 2 aromatic carbocycles. The quantitative estimate of drug-likeness (QED) is 0.425. The maximum atomic E-state index is 12.0. The Morgan fingerprint density at radius 3 is 2.17 bits per heavy atom. The largest absolute Gasteiger partial charge is 0.380 e. The standard InChI is InChI=1S/C25H26N2O2/c28-24(16-15-21-10-9-18-26-20-21)27-19-8-7-17-25(29,22-11-3-1-4-12-22)23-13-5-2-6-14-23/h1-6,9-16,18,20,29H,7-8,17,19H2,(H,27,28)/b16-15+. The molecule has 0 spiro atoms. The summed E-state index contributed by atoms with van der Waals surface area (Å²) >= 11 is 0. The van der Waals surface area contributed by atoms with E-state index in [1.54, 1.807) is 18.5 Å². The van der Waals surface area contributed by atoms with Crippen molar-refractivity contribution in [1.82, 2.24) is 10.3 Å². The summed E-state index contributed by atoms with van der Waals surface area (Å²) in [4.78, 5) is 16.0. The lowest BCUT2D eigenvalue weighted by molar-refractivity contribution is -0.116. The zero-order chi connectivity index (χ0) is 20.4. The molecule has 0 aliphatic carbocycles. The fraction of sp³-hybridized carbons (Fsp3) is 0.200. The van der Waals surface area contributed by atoms with Crippen LogP contribution >= 0.6 is 0 Å². The van der Waals surface area contributed by atoms with Crippen LogP contribution in [0.1, 0.15) is 36.0 Å². The highest BCUT2D eigenvalue weighted by atomic mass is 16.3. The number of carbonyl (C=O) groups is 1. The lowest BCUT2D eigenvalue weighted by Gasteiger charge is -2.29. The molecule has 0 aliphatic heterocycles. The Morgan fingerprint density at radius 1 is 0.931 bits per heavy atom. The van der Waals surface area contributed by atoms with Gasteiger partial charge in [-0.15, -0.1) is 0 Å². The maximum Gasteiger partial charge on any atom is 0.243 e. The van der Waals surface area contributed by atoms with Crippen LogP contribution in [0.15, 0.2) is 91.3 Å². The molecule has 0 radical (unpaired) electrons. The molecule has 0 saturated carbocycles. The van der Waals surface area contributed by atoms with Crippen molar-refractivity contribution in [3.05, 3.63) is 108 Å². The van der Waals surface area contributed by atoms with Crippen LogP contribution in [0.4, 0.5) is 0 Å². The summed E-state index contributed by atoms with van der Waals surface area (Å²) in [5.41, 5.74) is 1.62. The third kappa shape index (κ3) is 5.87. The molecule has 3 rings (SSSR count). The van der Waals surface area contributed by atoms with Crippen LogP contribution in [0.3, 0.4) is 0 Å². The summed E-state index contributed by atoms with van der Waals surface area (Å²) in [6, 6.07) is 23.2. The van der Waals surface area contributed by atoms with E-state index >= 15 is 0 Å². The first-order chi connectivity index (χ1) is 14.2. The number of carbonyl (C=O) groups excluding carboxylic acids is 1. The van der Waals surface area contributed by atoms with Crippen molar-refractivity contribution in [3.63, 3.8) is 0 Å². The normalized spacial score (nSPS) is 11.5. The highest BCUT2D eigenvalue weighted by Crippen LogP contribution is 2.34. The molecule has 4 heteroatoms. The molecule has 2 N–H and O–H groups in total. The number of unbranched alkanes of at least 4 members (excludes halogenated alkanes) is 1. The fourth-order valence-corrected chi connectivity index (χ4v) is 3.31. The van der Waals surface area contributed by atoms with Crippen LogP contribution in [-0.2, 0) is 10.4 Å². The summed E-state index contributed by atoms with van der Waals surface area (Å²) < 4.78 is 0. The average molecular weight is 386 g/mol. The van der Waals surface area contributed by atoms with E-state index in [1.165, 1.54) is 6.08 Å². The van der Waals surface area contributed by atoms with E-state index in [-0.39, 0.29) is 5.91 Å². The predicted octanol–water partition coefficient (Wildman–Crippen LogP) is 4.32. The Kier molecular flexibility index (Phi) is 7.31. The molecule has 0 atom stereocenters. The molecule has 3 aromatic rings. The molecule has 29 heavy (non-hydrogen) atoms. The van der Waals surface area contributed by atoms with Crippen molar-refractivity contribution in [2.24, 2.45) is 0 Å². The minimum Gasteiger partial charge on any atom is -0.380 e. The molecule has 0 bridgehead atoms. The number of aromatic nitrogens is 1. The van der Waals surface area contributed by atoms with Crippen molar-refractivity contribution < 1.29 is 9.90 Å². The van der Waals surface area contributed by atoms with E-state index in [2.05, 4.69) is 10.3 Å². The minimum atomic E-state index is -1.03. The summed E-state index contributed by atoms with van der Waals surface area (Å²) in [5.74, 6) is -0.129. The second-order valence-corrected chi connectivity index (χ2v) is 6.96. The van der Waals surface area contributed by atoms with Crippen LogP contribution in [0.25, 0.3) is 6.08 Å². The van der Waals surface area contributed by atoms with Crippen LogP contribution in [0, 0.1) is 0 Å². The number of nitrogens with zero attached hydrogens (tertiary/aromatic N) is 1. The number of hydrogen-bond donors (Lipinski definition) is 2. The first-order valence-electron chi connectivity index (χ1n) is 9.88. The van der Waals surface area contributed by atoms with Gasteiger partial charge in [-0.25, -0.2) is 0 Å². The average Bonchev–Trinajstić information content (AvgIpc) is 2.79. The topological polar surface area (TPSA) is 62.2 Å². The van der Waals surface area contributed by atoms with Gasteiger partial charge in [0.2, 0.25) is 5.91 Å². The van der Waals surface area contributed by atoms with Gasteiger partial charge in [-0.3, -0.25) is 9.78 Å². The van der Waals surface area contributed by atoms with Gasteiger partial charge in [-0.2, -0.15) is 0 Å². The number of rotatable bonds is 9. The molecule has 1 heterocycles. The summed E-state index contributed by atoms with van der Waals surface area (Å²) in [6.07, 6.45) is 8.82. The lowest BCUT2D eigenvalue weighted by atomic mass is 9.82. The van der Waals surface area contributed by atoms with Gasteiger partial charge in [-0.1, -0.05) is 66.7 Å². The summed E-state index contributed by atoms with van der Waals surface area (Å²) in [6.45, 7) is 0.565. The smallest absolute Gasteiger partial charge is 0.243 e. The molecular weight excluding hydrogens is 360 g/mol. The third-order valence-corrected chi connectivity index (χ3v) is 4.88. The SMILES string of the molecule is O=C(/C=C/c1cccnc1)NCCCCC(O)(c1ccccc1)c1ccccc1. The Hall–Kier alpha value is -3.24. The van der Waals surface area contributed by atoms with Gasteiger partial charge in [0, 0.05) is 25.0 Å². The predicted molar refractivity (Wildman–Crippen MR) is 116 cm³/mol. The van der Waals surface area contributed by atoms with Crippen molar-refractivity contribution in [2.75, 3.05) is 6.54 Å². The number of nitrogens with one attached hydrogen (secondary N) is 1. The van der Waals surface area contributed by atoms with Gasteiger partial charge < -0.3 is 10.4 Å². The first-order valence-corrected chi connectivity index (χ1v) is 9.88. The van der Waals surface area contributed by atoms with Gasteiger partial charge in [0.15, 0.2) is 0 Å². The van der Waals surface area contributed by atoms with Gasteiger partial charge in [0.1, 0.15) is 5.60 Å². The molecule has 0 saturated heterocycles. The number of aliphatic hydroxyl groups is 1. The molecule has 1 aromatic heterocycles. The van der Waals surface area contributed by atoms with E-state index in [0.717, 1.165) is 29.5 Å². The monoisotopic (exact) mass is 386 g/mol. The summed E-state index contributed by atoms with van der Waals surface area (Å²) in [5, 5.41) is 14.4. The summed E-state index contributed by atoms with van der Waals surface area (Å²) in [7, 11) is 0. The number of amides is 1. The second-order valence-electron chi connectivity index (χ2n) is 6.96. The van der Waals surface area contributed by atoms with Crippen LogP contribution < -0.4 is 5.32 Å². The third-order valence-electron chi connectivity index (χ3n) is 4.88. The molecule has 0 unspecified atom stereocenters. The Balaban J connectivity index is 1.52. The fourth-order valence-electron chi connectivity index (χ4n) is 3.31. The zero-order valence-corrected chi connectivity index (χ0v) is 16.4. The van der Waals surface area contributed by atoms with Crippen LogP contribution in [0.5, 0.6) is 0 Å². The highest BCUT2D eigenvalue weighted by molar-refractivity contribution is 5.91. The highest BCUT2D eigenvalue weighted by Gasteiger charge is 2.30. The van der Waals surface area contributed by atoms with E-state index in [0.29, 0.717) is 13.0 Å². The number of pyridine rings is 1. The minimum absolute atomic E-state index is 0.129. The second kappa shape index (κ2) is 10.3. The Labute approximate surface area is 172 Å². The maximum absolute atomic E-state index is 12.0.